The van der Waals surface area contributed by atoms with Crippen molar-refractivity contribution in [3.63, 3.8) is 0 Å². The maximum atomic E-state index is 11.8. The van der Waals surface area contributed by atoms with Crippen LogP contribution in [0.4, 0.5) is 0 Å². The molecular formula is C11H13ClN4O3. The zero-order chi connectivity index (χ0) is 13.7. The van der Waals surface area contributed by atoms with Crippen molar-refractivity contribution < 1.29 is 14.3 Å². The predicted molar refractivity (Wildman–Crippen MR) is 66.8 cm³/mol. The van der Waals surface area contributed by atoms with Crippen molar-refractivity contribution in [1.82, 2.24) is 20.4 Å². The van der Waals surface area contributed by atoms with E-state index in [2.05, 4.69) is 15.5 Å². The number of halogens is 1. The van der Waals surface area contributed by atoms with Crippen molar-refractivity contribution in [2.45, 2.75) is 0 Å². The second-order valence-electron chi connectivity index (χ2n) is 3.92. The van der Waals surface area contributed by atoms with Crippen molar-refractivity contribution in [3.8, 4) is 0 Å². The Morgan fingerprint density at radius 1 is 1.32 bits per heavy atom. The van der Waals surface area contributed by atoms with Gasteiger partial charge >= 0.3 is 0 Å². The summed E-state index contributed by atoms with van der Waals surface area (Å²) in [5.41, 5.74) is 0.124. The summed E-state index contributed by atoms with van der Waals surface area (Å²) >= 11 is 5.57. The number of nitrogens with one attached hydrogen (secondary N) is 1. The average molecular weight is 285 g/mol. The molecule has 102 valence electrons. The summed E-state index contributed by atoms with van der Waals surface area (Å²) in [7, 11) is 0. The summed E-state index contributed by atoms with van der Waals surface area (Å²) < 4.78 is 5.14. The first kappa shape index (κ1) is 13.7. The van der Waals surface area contributed by atoms with Gasteiger partial charge in [-0.15, -0.1) is 10.2 Å². The van der Waals surface area contributed by atoms with Gasteiger partial charge in [-0.25, -0.2) is 0 Å². The SMILES string of the molecule is O=C(NCC(=O)N1CCOCC1)c1ccc(Cl)nn1. The van der Waals surface area contributed by atoms with Crippen LogP contribution < -0.4 is 5.32 Å². The minimum absolute atomic E-state index is 0.0663. The second kappa shape index (κ2) is 6.44. The number of rotatable bonds is 3. The second-order valence-corrected chi connectivity index (χ2v) is 4.30. The first-order chi connectivity index (χ1) is 9.16. The molecule has 19 heavy (non-hydrogen) atoms. The van der Waals surface area contributed by atoms with E-state index in [1.807, 2.05) is 0 Å². The molecule has 0 unspecified atom stereocenters. The first-order valence-corrected chi connectivity index (χ1v) is 6.17. The van der Waals surface area contributed by atoms with E-state index in [1.165, 1.54) is 12.1 Å². The number of hydrogen-bond acceptors (Lipinski definition) is 5. The fraction of sp³-hybridized carbons (Fsp3) is 0.455. The third kappa shape index (κ3) is 3.87. The molecule has 0 atom stereocenters. The quantitative estimate of drug-likeness (QED) is 0.825. The summed E-state index contributed by atoms with van der Waals surface area (Å²) in [4.78, 5) is 25.1. The Hall–Kier alpha value is -1.73. The van der Waals surface area contributed by atoms with Crippen molar-refractivity contribution in [1.29, 1.82) is 0 Å². The van der Waals surface area contributed by atoms with Crippen LogP contribution >= 0.6 is 11.6 Å². The molecule has 1 aromatic rings. The Balaban J connectivity index is 1.82. The van der Waals surface area contributed by atoms with Crippen LogP contribution in [0.3, 0.4) is 0 Å². The summed E-state index contributed by atoms with van der Waals surface area (Å²) in [6, 6.07) is 2.91. The summed E-state index contributed by atoms with van der Waals surface area (Å²) in [5, 5.41) is 9.90. The lowest BCUT2D eigenvalue weighted by Gasteiger charge is -2.26. The molecule has 2 heterocycles. The highest BCUT2D eigenvalue weighted by atomic mass is 35.5. The van der Waals surface area contributed by atoms with Crippen LogP contribution in [0.1, 0.15) is 10.5 Å². The molecular weight excluding hydrogens is 272 g/mol. The third-order valence-corrected chi connectivity index (χ3v) is 2.83. The maximum absolute atomic E-state index is 11.8. The van der Waals surface area contributed by atoms with Gasteiger partial charge in [-0.1, -0.05) is 11.6 Å². The number of hydrogen-bond donors (Lipinski definition) is 1. The van der Waals surface area contributed by atoms with Crippen molar-refractivity contribution in [2.75, 3.05) is 32.8 Å². The molecule has 1 aliphatic rings. The molecule has 1 fully saturated rings. The number of ether oxygens (including phenoxy) is 1. The molecule has 1 aliphatic heterocycles. The van der Waals surface area contributed by atoms with E-state index in [-0.39, 0.29) is 23.3 Å². The molecule has 0 aliphatic carbocycles. The molecule has 2 rings (SSSR count). The van der Waals surface area contributed by atoms with Gasteiger partial charge in [0.1, 0.15) is 0 Å². The van der Waals surface area contributed by atoms with Gasteiger partial charge in [0.05, 0.1) is 19.8 Å². The van der Waals surface area contributed by atoms with Crippen LogP contribution in [0.15, 0.2) is 12.1 Å². The van der Waals surface area contributed by atoms with E-state index in [9.17, 15) is 9.59 Å². The number of amides is 2. The average Bonchev–Trinajstić information content (AvgIpc) is 2.46. The molecule has 7 nitrogen and oxygen atoms in total. The number of carbonyl (C=O) groups excluding carboxylic acids is 2. The first-order valence-electron chi connectivity index (χ1n) is 5.80. The lowest BCUT2D eigenvalue weighted by atomic mass is 10.3. The van der Waals surface area contributed by atoms with Gasteiger partial charge in [0.25, 0.3) is 5.91 Å². The van der Waals surface area contributed by atoms with E-state index in [1.54, 1.807) is 4.90 Å². The monoisotopic (exact) mass is 284 g/mol. The van der Waals surface area contributed by atoms with Crippen LogP contribution in [-0.4, -0.2) is 59.8 Å². The number of nitrogens with zero attached hydrogens (tertiary/aromatic N) is 3. The highest BCUT2D eigenvalue weighted by Crippen LogP contribution is 2.02. The Morgan fingerprint density at radius 2 is 2.05 bits per heavy atom. The standard InChI is InChI=1S/C11H13ClN4O3/c12-9-2-1-8(14-15-9)11(18)13-7-10(17)16-3-5-19-6-4-16/h1-2H,3-7H2,(H,13,18). The van der Waals surface area contributed by atoms with Gasteiger partial charge < -0.3 is 15.0 Å². The number of aromatic nitrogens is 2. The van der Waals surface area contributed by atoms with Gasteiger partial charge in [0, 0.05) is 13.1 Å². The molecule has 1 aromatic heterocycles. The Kier molecular flexibility index (Phi) is 4.64. The molecule has 0 radical (unpaired) electrons. The summed E-state index contributed by atoms with van der Waals surface area (Å²) in [6.07, 6.45) is 0. The van der Waals surface area contributed by atoms with E-state index in [0.29, 0.717) is 26.3 Å². The van der Waals surface area contributed by atoms with Gasteiger partial charge in [-0.2, -0.15) is 0 Å². The Morgan fingerprint density at radius 3 is 2.68 bits per heavy atom. The Labute approximate surface area is 114 Å². The molecule has 8 heteroatoms. The number of carbonyl (C=O) groups is 2. The van der Waals surface area contributed by atoms with Crippen LogP contribution in [0.2, 0.25) is 5.15 Å². The van der Waals surface area contributed by atoms with Crippen LogP contribution in [0.5, 0.6) is 0 Å². The Bertz CT molecular complexity index is 460. The lowest BCUT2D eigenvalue weighted by Crippen LogP contribution is -2.45. The van der Waals surface area contributed by atoms with E-state index >= 15 is 0 Å². The smallest absolute Gasteiger partial charge is 0.272 e. The van der Waals surface area contributed by atoms with Gasteiger partial charge in [0.15, 0.2) is 10.8 Å². The molecule has 1 N–H and O–H groups in total. The van der Waals surface area contributed by atoms with Crippen LogP contribution in [0.25, 0.3) is 0 Å². The molecule has 0 aromatic carbocycles. The molecule has 2 amide bonds. The van der Waals surface area contributed by atoms with E-state index in [4.69, 9.17) is 16.3 Å². The largest absolute Gasteiger partial charge is 0.378 e. The zero-order valence-electron chi connectivity index (χ0n) is 10.1. The zero-order valence-corrected chi connectivity index (χ0v) is 10.9. The van der Waals surface area contributed by atoms with Crippen molar-refractivity contribution in [3.05, 3.63) is 23.0 Å². The molecule has 0 saturated carbocycles. The van der Waals surface area contributed by atoms with Crippen LogP contribution in [0, 0.1) is 0 Å². The van der Waals surface area contributed by atoms with Gasteiger partial charge in [-0.3, -0.25) is 9.59 Å². The molecule has 1 saturated heterocycles. The van der Waals surface area contributed by atoms with Gasteiger partial charge in [-0.05, 0) is 12.1 Å². The lowest BCUT2D eigenvalue weighted by molar-refractivity contribution is -0.134. The summed E-state index contributed by atoms with van der Waals surface area (Å²) in [6.45, 7) is 2.10. The van der Waals surface area contributed by atoms with Crippen molar-refractivity contribution in [2.24, 2.45) is 0 Å². The highest BCUT2D eigenvalue weighted by Gasteiger charge is 2.17. The normalized spacial score (nSPS) is 15.1. The minimum atomic E-state index is -0.453. The predicted octanol–water partition coefficient (Wildman–Crippen LogP) is -0.281. The minimum Gasteiger partial charge on any atom is -0.378 e. The molecule has 0 bridgehead atoms. The van der Waals surface area contributed by atoms with E-state index < -0.39 is 5.91 Å². The number of morpholine rings is 1. The van der Waals surface area contributed by atoms with Gasteiger partial charge in [0.2, 0.25) is 5.91 Å². The topological polar surface area (TPSA) is 84.4 Å². The summed E-state index contributed by atoms with van der Waals surface area (Å²) in [5.74, 6) is -0.593. The fourth-order valence-electron chi connectivity index (χ4n) is 1.61. The van der Waals surface area contributed by atoms with E-state index in [0.717, 1.165) is 0 Å². The maximum Gasteiger partial charge on any atom is 0.272 e. The highest BCUT2D eigenvalue weighted by molar-refractivity contribution is 6.29. The van der Waals surface area contributed by atoms with Crippen molar-refractivity contribution >= 4 is 23.4 Å². The fourth-order valence-corrected chi connectivity index (χ4v) is 1.71. The molecule has 0 spiro atoms. The third-order valence-electron chi connectivity index (χ3n) is 2.63. The van der Waals surface area contributed by atoms with Crippen LogP contribution in [-0.2, 0) is 9.53 Å².